The molecule has 0 saturated carbocycles. The van der Waals surface area contributed by atoms with Crippen LogP contribution in [0.5, 0.6) is 0 Å². The predicted octanol–water partition coefficient (Wildman–Crippen LogP) is 5.90. The van der Waals surface area contributed by atoms with E-state index in [-0.39, 0.29) is 11.1 Å². The summed E-state index contributed by atoms with van der Waals surface area (Å²) in [5.41, 5.74) is 4.91. The first kappa shape index (κ1) is 23.0. The second kappa shape index (κ2) is 9.37. The average molecular weight is 513 g/mol. The predicted molar refractivity (Wildman–Crippen MR) is 125 cm³/mol. The van der Waals surface area contributed by atoms with Crippen molar-refractivity contribution in [3.8, 4) is 0 Å². The molecular formula is C22H17Cl3FN3O2S. The molecule has 2 N–H and O–H groups in total. The number of nitrogens with zero attached hydrogens (tertiary/aromatic N) is 1. The molecular weight excluding hydrogens is 496 g/mol. The average Bonchev–Trinajstić information content (AvgIpc) is 3.23. The molecule has 1 heterocycles. The van der Waals surface area contributed by atoms with Gasteiger partial charge in [0.25, 0.3) is 0 Å². The van der Waals surface area contributed by atoms with Crippen molar-refractivity contribution in [2.75, 3.05) is 0 Å². The summed E-state index contributed by atoms with van der Waals surface area (Å²) in [5.74, 6) is -0.855. The van der Waals surface area contributed by atoms with Gasteiger partial charge < -0.3 is 5.43 Å². The van der Waals surface area contributed by atoms with Crippen LogP contribution in [0.25, 0.3) is 0 Å². The number of hydrazone groups is 1. The molecule has 1 unspecified atom stereocenters. The quantitative estimate of drug-likeness (QED) is 0.432. The van der Waals surface area contributed by atoms with E-state index in [4.69, 9.17) is 34.8 Å². The molecule has 1 aliphatic rings. The highest BCUT2D eigenvalue weighted by Crippen LogP contribution is 2.33. The Bertz CT molecular complexity index is 1280. The number of hydrogen-bond donors (Lipinski definition) is 2. The van der Waals surface area contributed by atoms with E-state index >= 15 is 0 Å². The zero-order chi connectivity index (χ0) is 22.9. The lowest BCUT2D eigenvalue weighted by Gasteiger charge is -2.21. The maximum atomic E-state index is 14.2. The van der Waals surface area contributed by atoms with Crippen molar-refractivity contribution in [2.45, 2.75) is 23.4 Å². The minimum Gasteiger partial charge on any atom is -0.302 e. The number of halogens is 4. The summed E-state index contributed by atoms with van der Waals surface area (Å²) in [6.07, 6.45) is 0.394. The fourth-order valence-corrected chi connectivity index (χ4v) is 5.39. The van der Waals surface area contributed by atoms with Gasteiger partial charge >= 0.3 is 0 Å². The molecule has 1 aliphatic heterocycles. The number of rotatable bonds is 6. The van der Waals surface area contributed by atoms with Crippen molar-refractivity contribution in [3.63, 3.8) is 0 Å². The lowest BCUT2D eigenvalue weighted by atomic mass is 9.96. The van der Waals surface area contributed by atoms with Gasteiger partial charge in [-0.05, 0) is 47.5 Å². The van der Waals surface area contributed by atoms with E-state index in [0.29, 0.717) is 27.7 Å². The molecule has 166 valence electrons. The summed E-state index contributed by atoms with van der Waals surface area (Å²) in [5, 5.41) is 5.65. The van der Waals surface area contributed by atoms with Gasteiger partial charge in [-0.3, -0.25) is 0 Å². The van der Waals surface area contributed by atoms with E-state index in [9.17, 15) is 12.8 Å². The molecule has 5 nitrogen and oxygen atoms in total. The van der Waals surface area contributed by atoms with Crippen LogP contribution in [0.1, 0.15) is 29.6 Å². The molecule has 0 bridgehead atoms. The third-order valence-electron chi connectivity index (χ3n) is 5.06. The standard InChI is InChI=1S/C22H17Cl3FN3O2S/c23-14-7-5-13(6-8-14)19-12-20(28-27-19)22(16-10-9-15(24)11-17(16)25)29-32(30,31)21-4-2-1-3-18(21)26/h1-11,19,22,27,29H,12H2/t19?,22-/m0/s1. The molecule has 3 aromatic carbocycles. The number of benzene rings is 3. The highest BCUT2D eigenvalue weighted by molar-refractivity contribution is 7.89. The third kappa shape index (κ3) is 4.92. The van der Waals surface area contributed by atoms with Crippen LogP contribution in [0.15, 0.2) is 76.7 Å². The summed E-state index contributed by atoms with van der Waals surface area (Å²) in [4.78, 5) is -0.462. The van der Waals surface area contributed by atoms with Gasteiger partial charge in [-0.2, -0.15) is 9.82 Å². The minimum absolute atomic E-state index is 0.186. The molecule has 10 heteroatoms. The van der Waals surface area contributed by atoms with Crippen molar-refractivity contribution in [1.82, 2.24) is 10.1 Å². The summed E-state index contributed by atoms with van der Waals surface area (Å²) < 4.78 is 42.9. The molecule has 32 heavy (non-hydrogen) atoms. The van der Waals surface area contributed by atoms with Crippen LogP contribution in [0.3, 0.4) is 0 Å². The first-order valence-electron chi connectivity index (χ1n) is 9.54. The second-order valence-corrected chi connectivity index (χ2v) is 10.2. The topological polar surface area (TPSA) is 70.6 Å². The van der Waals surface area contributed by atoms with Crippen LogP contribution < -0.4 is 10.1 Å². The SMILES string of the molecule is O=S(=O)(N[C@H](C1=NNC(c2ccc(Cl)cc2)C1)c1ccc(Cl)cc1Cl)c1ccccc1F. The molecule has 2 atom stereocenters. The molecule has 0 spiro atoms. The molecule has 0 aliphatic carbocycles. The van der Waals surface area contributed by atoms with Crippen LogP contribution in [0.2, 0.25) is 15.1 Å². The first-order valence-corrected chi connectivity index (χ1v) is 12.2. The monoisotopic (exact) mass is 511 g/mol. The van der Waals surface area contributed by atoms with Crippen molar-refractivity contribution in [3.05, 3.63) is 98.7 Å². The fourth-order valence-electron chi connectivity index (χ4n) is 3.46. The van der Waals surface area contributed by atoms with Crippen LogP contribution >= 0.6 is 34.8 Å². The van der Waals surface area contributed by atoms with Gasteiger partial charge in [-0.15, -0.1) is 0 Å². The van der Waals surface area contributed by atoms with E-state index in [1.165, 1.54) is 24.3 Å². The number of sulfonamides is 1. The summed E-state index contributed by atoms with van der Waals surface area (Å²) >= 11 is 18.4. The van der Waals surface area contributed by atoms with Gasteiger partial charge in [0, 0.05) is 21.5 Å². The minimum atomic E-state index is -4.23. The van der Waals surface area contributed by atoms with Crippen LogP contribution in [0.4, 0.5) is 4.39 Å². The van der Waals surface area contributed by atoms with E-state index in [0.717, 1.165) is 11.6 Å². The fraction of sp³-hybridized carbons (Fsp3) is 0.136. The zero-order valence-electron chi connectivity index (χ0n) is 16.4. The Hall–Kier alpha value is -2.16. The van der Waals surface area contributed by atoms with Crippen LogP contribution in [0, 0.1) is 5.82 Å². The van der Waals surface area contributed by atoms with Gasteiger partial charge in [0.15, 0.2) is 0 Å². The Kier molecular flexibility index (Phi) is 6.74. The van der Waals surface area contributed by atoms with Gasteiger partial charge in [-0.1, -0.05) is 65.1 Å². The third-order valence-corrected chi connectivity index (χ3v) is 7.33. The van der Waals surface area contributed by atoms with Crippen molar-refractivity contribution in [2.24, 2.45) is 5.10 Å². The van der Waals surface area contributed by atoms with Crippen molar-refractivity contribution < 1.29 is 12.8 Å². The Labute approximate surface area is 200 Å². The van der Waals surface area contributed by atoms with Crippen LogP contribution in [-0.2, 0) is 10.0 Å². The van der Waals surface area contributed by atoms with E-state index in [2.05, 4.69) is 15.2 Å². The van der Waals surface area contributed by atoms with Gasteiger partial charge in [0.2, 0.25) is 10.0 Å². The molecule has 0 saturated heterocycles. The number of nitrogens with one attached hydrogen (secondary N) is 2. The summed E-state index contributed by atoms with van der Waals surface area (Å²) in [7, 11) is -4.23. The second-order valence-electron chi connectivity index (χ2n) is 7.19. The largest absolute Gasteiger partial charge is 0.302 e. The molecule has 0 aromatic heterocycles. The molecule has 0 amide bonds. The Balaban J connectivity index is 1.69. The van der Waals surface area contributed by atoms with E-state index in [1.54, 1.807) is 24.3 Å². The lowest BCUT2D eigenvalue weighted by molar-refractivity contribution is 0.553. The number of hydrogen-bond acceptors (Lipinski definition) is 4. The summed E-state index contributed by atoms with van der Waals surface area (Å²) in [6, 6.07) is 16.0. The zero-order valence-corrected chi connectivity index (χ0v) is 19.5. The lowest BCUT2D eigenvalue weighted by Crippen LogP contribution is -2.34. The first-order chi connectivity index (χ1) is 15.2. The smallest absolute Gasteiger partial charge is 0.244 e. The van der Waals surface area contributed by atoms with Crippen LogP contribution in [-0.4, -0.2) is 14.1 Å². The Morgan fingerprint density at radius 2 is 1.69 bits per heavy atom. The maximum Gasteiger partial charge on any atom is 0.244 e. The molecule has 0 radical (unpaired) electrons. The molecule has 4 rings (SSSR count). The Morgan fingerprint density at radius 1 is 1.00 bits per heavy atom. The van der Waals surface area contributed by atoms with Crippen molar-refractivity contribution >= 4 is 50.5 Å². The van der Waals surface area contributed by atoms with E-state index < -0.39 is 26.8 Å². The van der Waals surface area contributed by atoms with E-state index in [1.807, 2.05) is 12.1 Å². The van der Waals surface area contributed by atoms with Gasteiger partial charge in [0.05, 0.1) is 17.8 Å². The highest BCUT2D eigenvalue weighted by atomic mass is 35.5. The van der Waals surface area contributed by atoms with Gasteiger partial charge in [0.1, 0.15) is 10.7 Å². The van der Waals surface area contributed by atoms with Gasteiger partial charge in [-0.25, -0.2) is 12.8 Å². The molecule has 3 aromatic rings. The van der Waals surface area contributed by atoms with Crippen molar-refractivity contribution in [1.29, 1.82) is 0 Å². The maximum absolute atomic E-state index is 14.2. The normalized spacial score (nSPS) is 17.0. The molecule has 0 fully saturated rings. The summed E-state index contributed by atoms with van der Waals surface area (Å²) in [6.45, 7) is 0. The Morgan fingerprint density at radius 3 is 2.38 bits per heavy atom. The highest BCUT2D eigenvalue weighted by Gasteiger charge is 2.33.